The summed E-state index contributed by atoms with van der Waals surface area (Å²) in [5.74, 6) is -0.425. The number of halogens is 1. The van der Waals surface area contributed by atoms with Crippen molar-refractivity contribution in [2.45, 2.75) is 32.8 Å². The minimum atomic E-state index is -0.527. The maximum Gasteiger partial charge on any atom is 0.312 e. The molecule has 0 atom stereocenters. The lowest BCUT2D eigenvalue weighted by Gasteiger charge is -2.19. The number of ether oxygens (including phenoxy) is 1. The number of pyridine rings is 1. The van der Waals surface area contributed by atoms with Gasteiger partial charge < -0.3 is 9.84 Å². The lowest BCUT2D eigenvalue weighted by atomic mass is 10.2. The van der Waals surface area contributed by atoms with Gasteiger partial charge in [-0.05, 0) is 20.8 Å². The Balaban J connectivity index is 2.70. The highest BCUT2D eigenvalue weighted by atomic mass is 35.5. The van der Waals surface area contributed by atoms with E-state index in [-0.39, 0.29) is 17.2 Å². The second-order valence-electron chi connectivity index (χ2n) is 4.39. The Labute approximate surface area is 99.2 Å². The summed E-state index contributed by atoms with van der Waals surface area (Å²) in [5, 5.41) is 9.35. The number of hydrogen-bond acceptors (Lipinski definition) is 4. The van der Waals surface area contributed by atoms with Crippen LogP contribution in [0.2, 0.25) is 5.02 Å². The molecule has 0 saturated heterocycles. The highest BCUT2D eigenvalue weighted by molar-refractivity contribution is 6.31. The van der Waals surface area contributed by atoms with Crippen molar-refractivity contribution >= 4 is 17.6 Å². The molecule has 16 heavy (non-hydrogen) atoms. The van der Waals surface area contributed by atoms with Gasteiger partial charge in [-0.1, -0.05) is 11.6 Å². The van der Waals surface area contributed by atoms with Gasteiger partial charge in [0.1, 0.15) is 11.4 Å². The molecule has 0 aliphatic carbocycles. The Kier molecular flexibility index (Phi) is 3.75. The summed E-state index contributed by atoms with van der Waals surface area (Å²) in [6, 6.07) is 1.34. The zero-order valence-corrected chi connectivity index (χ0v) is 10.2. The third-order valence-electron chi connectivity index (χ3n) is 1.63. The first-order chi connectivity index (χ1) is 7.28. The van der Waals surface area contributed by atoms with Crippen LogP contribution in [0, 0.1) is 0 Å². The van der Waals surface area contributed by atoms with Gasteiger partial charge in [0, 0.05) is 6.07 Å². The van der Waals surface area contributed by atoms with E-state index in [0.717, 1.165) is 0 Å². The first-order valence-electron chi connectivity index (χ1n) is 4.83. The van der Waals surface area contributed by atoms with Crippen LogP contribution in [0.3, 0.4) is 0 Å². The third-order valence-corrected chi connectivity index (χ3v) is 1.96. The molecule has 1 aromatic rings. The van der Waals surface area contributed by atoms with Crippen molar-refractivity contribution in [2.75, 3.05) is 0 Å². The van der Waals surface area contributed by atoms with Crippen molar-refractivity contribution in [2.24, 2.45) is 0 Å². The molecule has 0 fully saturated rings. The van der Waals surface area contributed by atoms with E-state index in [1.165, 1.54) is 12.3 Å². The average Bonchev–Trinajstić information content (AvgIpc) is 2.06. The quantitative estimate of drug-likeness (QED) is 0.810. The first-order valence-corrected chi connectivity index (χ1v) is 5.21. The largest absolute Gasteiger partial charge is 0.506 e. The summed E-state index contributed by atoms with van der Waals surface area (Å²) in [4.78, 5) is 15.3. The van der Waals surface area contributed by atoms with Crippen LogP contribution in [0.15, 0.2) is 12.3 Å². The fraction of sp³-hybridized carbons (Fsp3) is 0.455. The molecule has 1 N–H and O–H groups in total. The maximum absolute atomic E-state index is 11.5. The minimum Gasteiger partial charge on any atom is -0.506 e. The fourth-order valence-corrected chi connectivity index (χ4v) is 1.33. The van der Waals surface area contributed by atoms with Crippen LogP contribution < -0.4 is 0 Å². The molecule has 4 nitrogen and oxygen atoms in total. The van der Waals surface area contributed by atoms with Crippen molar-refractivity contribution in [1.29, 1.82) is 0 Å². The molecule has 0 spiro atoms. The van der Waals surface area contributed by atoms with Crippen molar-refractivity contribution in [1.82, 2.24) is 4.98 Å². The second-order valence-corrected chi connectivity index (χ2v) is 4.79. The molecule has 0 amide bonds. The highest BCUT2D eigenvalue weighted by Crippen LogP contribution is 2.20. The van der Waals surface area contributed by atoms with Gasteiger partial charge in [0.15, 0.2) is 0 Å². The van der Waals surface area contributed by atoms with Crippen molar-refractivity contribution in [3.63, 3.8) is 0 Å². The van der Waals surface area contributed by atoms with E-state index in [1.54, 1.807) is 20.8 Å². The number of aromatic hydroxyl groups is 1. The molecule has 0 aliphatic heterocycles. The van der Waals surface area contributed by atoms with Crippen LogP contribution >= 0.6 is 11.6 Å². The van der Waals surface area contributed by atoms with Gasteiger partial charge in [-0.3, -0.25) is 9.78 Å². The minimum absolute atomic E-state index is 0.00359. The summed E-state index contributed by atoms with van der Waals surface area (Å²) < 4.78 is 5.13. The van der Waals surface area contributed by atoms with E-state index < -0.39 is 11.6 Å². The number of nitrogens with zero attached hydrogens (tertiary/aromatic N) is 1. The van der Waals surface area contributed by atoms with Gasteiger partial charge in [0.25, 0.3) is 0 Å². The molecule has 0 aromatic carbocycles. The van der Waals surface area contributed by atoms with Gasteiger partial charge in [0.05, 0.1) is 23.3 Å². The van der Waals surface area contributed by atoms with E-state index in [0.29, 0.717) is 5.69 Å². The number of carbonyl (C=O) groups excluding carboxylic acids is 1. The molecule has 1 heterocycles. The lowest BCUT2D eigenvalue weighted by Crippen LogP contribution is -2.25. The lowest BCUT2D eigenvalue weighted by molar-refractivity contribution is -0.153. The summed E-state index contributed by atoms with van der Waals surface area (Å²) in [5.41, 5.74) is -0.130. The first kappa shape index (κ1) is 12.8. The third kappa shape index (κ3) is 4.06. The zero-order chi connectivity index (χ0) is 12.3. The van der Waals surface area contributed by atoms with Crippen LogP contribution in [0.1, 0.15) is 26.5 Å². The molecular weight excluding hydrogens is 230 g/mol. The summed E-state index contributed by atoms with van der Waals surface area (Å²) >= 11 is 5.81. The molecule has 1 aromatic heterocycles. The number of rotatable bonds is 2. The molecule has 0 bridgehead atoms. The monoisotopic (exact) mass is 243 g/mol. The van der Waals surface area contributed by atoms with E-state index >= 15 is 0 Å². The summed E-state index contributed by atoms with van der Waals surface area (Å²) in [6.07, 6.45) is 1.24. The molecular formula is C11H14ClNO3. The van der Waals surface area contributed by atoms with Crippen molar-refractivity contribution in [3.05, 3.63) is 23.0 Å². The van der Waals surface area contributed by atoms with Gasteiger partial charge in [-0.15, -0.1) is 0 Å². The molecule has 0 saturated carbocycles. The average molecular weight is 244 g/mol. The Hall–Kier alpha value is -1.29. The van der Waals surface area contributed by atoms with Gasteiger partial charge >= 0.3 is 5.97 Å². The molecule has 5 heteroatoms. The highest BCUT2D eigenvalue weighted by Gasteiger charge is 2.18. The SMILES string of the molecule is CC(C)(C)OC(=O)Cc1ncc(O)cc1Cl. The fourth-order valence-electron chi connectivity index (χ4n) is 1.10. The van der Waals surface area contributed by atoms with Crippen LogP contribution in [0.25, 0.3) is 0 Å². The zero-order valence-electron chi connectivity index (χ0n) is 9.45. The van der Waals surface area contributed by atoms with Crippen molar-refractivity contribution in [3.8, 4) is 5.75 Å². The molecule has 0 radical (unpaired) electrons. The number of hydrogen-bond donors (Lipinski definition) is 1. The van der Waals surface area contributed by atoms with Crippen molar-refractivity contribution < 1.29 is 14.6 Å². The summed E-state index contributed by atoms with van der Waals surface area (Å²) in [7, 11) is 0. The Morgan fingerprint density at radius 3 is 2.69 bits per heavy atom. The van der Waals surface area contributed by atoms with Crippen LogP contribution in [-0.4, -0.2) is 21.7 Å². The summed E-state index contributed by atoms with van der Waals surface area (Å²) in [6.45, 7) is 5.37. The smallest absolute Gasteiger partial charge is 0.312 e. The molecule has 1 rings (SSSR count). The van der Waals surface area contributed by atoms with Crippen LogP contribution in [0.5, 0.6) is 5.75 Å². The Morgan fingerprint density at radius 2 is 2.19 bits per heavy atom. The van der Waals surface area contributed by atoms with E-state index in [4.69, 9.17) is 21.4 Å². The molecule has 88 valence electrons. The van der Waals surface area contributed by atoms with E-state index in [2.05, 4.69) is 4.98 Å². The van der Waals surface area contributed by atoms with Crippen LogP contribution in [0.4, 0.5) is 0 Å². The number of esters is 1. The molecule has 0 unspecified atom stereocenters. The van der Waals surface area contributed by atoms with E-state index in [9.17, 15) is 4.79 Å². The van der Waals surface area contributed by atoms with E-state index in [1.807, 2.05) is 0 Å². The van der Waals surface area contributed by atoms with Gasteiger partial charge in [-0.2, -0.15) is 0 Å². The standard InChI is InChI=1S/C11H14ClNO3/c1-11(2,3)16-10(15)5-9-8(12)4-7(14)6-13-9/h4,6,14H,5H2,1-3H3. The predicted molar refractivity (Wildman–Crippen MR) is 60.5 cm³/mol. The number of carbonyl (C=O) groups is 1. The van der Waals surface area contributed by atoms with Crippen LogP contribution in [-0.2, 0) is 16.0 Å². The topological polar surface area (TPSA) is 59.4 Å². The molecule has 0 aliphatic rings. The normalized spacial score (nSPS) is 11.2. The Morgan fingerprint density at radius 1 is 1.56 bits per heavy atom. The predicted octanol–water partition coefficient (Wildman–Crippen LogP) is 2.32. The number of aromatic nitrogens is 1. The van der Waals surface area contributed by atoms with Gasteiger partial charge in [-0.25, -0.2) is 0 Å². The maximum atomic E-state index is 11.5. The Bertz CT molecular complexity index is 399. The second kappa shape index (κ2) is 4.70. The van der Waals surface area contributed by atoms with Gasteiger partial charge in [0.2, 0.25) is 0 Å².